The molecule has 3 aromatic rings. The van der Waals surface area contributed by atoms with Crippen LogP contribution in [0.1, 0.15) is 15.9 Å². The number of ether oxygens (including phenoxy) is 3. The Bertz CT molecular complexity index is 908. The van der Waals surface area contributed by atoms with Crippen molar-refractivity contribution in [1.29, 1.82) is 0 Å². The maximum Gasteiger partial charge on any atom is 0.338 e. The van der Waals surface area contributed by atoms with Gasteiger partial charge >= 0.3 is 5.97 Å². The summed E-state index contributed by atoms with van der Waals surface area (Å²) < 4.78 is 17.8. The topological polar surface area (TPSA) is 57.7 Å². The van der Waals surface area contributed by atoms with E-state index in [1.165, 1.54) is 11.3 Å². The van der Waals surface area contributed by atoms with Crippen LogP contribution in [-0.4, -0.2) is 17.7 Å². The molecule has 0 saturated carbocycles. The van der Waals surface area contributed by atoms with Gasteiger partial charge in [0.15, 0.2) is 11.5 Å². The lowest BCUT2D eigenvalue weighted by molar-refractivity contribution is 0.0472. The predicted octanol–water partition coefficient (Wildman–Crippen LogP) is 4.14. The van der Waals surface area contributed by atoms with Gasteiger partial charge in [-0.15, -0.1) is 11.3 Å². The molecule has 1 aliphatic rings. The van der Waals surface area contributed by atoms with Gasteiger partial charge in [-0.2, -0.15) is 0 Å². The molecule has 0 spiro atoms. The second-order valence-corrected chi connectivity index (χ2v) is 6.65. The van der Waals surface area contributed by atoms with Crippen molar-refractivity contribution in [2.75, 3.05) is 6.79 Å². The zero-order chi connectivity index (χ0) is 15.8. The van der Waals surface area contributed by atoms with Gasteiger partial charge in [-0.1, -0.05) is 15.9 Å². The first-order chi connectivity index (χ1) is 11.2. The number of benzene rings is 2. The maximum atomic E-state index is 12.2. The summed E-state index contributed by atoms with van der Waals surface area (Å²) in [5.74, 6) is 0.970. The van der Waals surface area contributed by atoms with Gasteiger partial charge in [-0.25, -0.2) is 9.78 Å². The molecule has 0 bridgehead atoms. The molecular formula is C16H10BrNO4S. The number of rotatable bonds is 3. The van der Waals surface area contributed by atoms with E-state index in [-0.39, 0.29) is 19.4 Å². The Morgan fingerprint density at radius 3 is 2.96 bits per heavy atom. The van der Waals surface area contributed by atoms with Crippen LogP contribution in [0, 0.1) is 0 Å². The minimum atomic E-state index is -0.370. The van der Waals surface area contributed by atoms with Gasteiger partial charge < -0.3 is 14.2 Å². The number of carbonyl (C=O) groups excluding carboxylic acids is 1. The third-order valence-electron chi connectivity index (χ3n) is 3.47. The Kier molecular flexibility index (Phi) is 3.66. The second-order valence-electron chi connectivity index (χ2n) is 4.91. The van der Waals surface area contributed by atoms with Crippen LogP contribution in [0.25, 0.3) is 10.2 Å². The Balaban J connectivity index is 1.51. The second kappa shape index (κ2) is 5.82. The molecular weight excluding hydrogens is 382 g/mol. The number of esters is 1. The third-order valence-corrected chi connectivity index (χ3v) is 5.00. The van der Waals surface area contributed by atoms with Crippen LogP contribution in [0.15, 0.2) is 40.3 Å². The molecule has 7 heteroatoms. The van der Waals surface area contributed by atoms with Crippen molar-refractivity contribution >= 4 is 43.5 Å². The number of carbonyl (C=O) groups is 1. The number of hydrogen-bond acceptors (Lipinski definition) is 6. The summed E-state index contributed by atoms with van der Waals surface area (Å²) in [5.41, 5.74) is 3.97. The first kappa shape index (κ1) is 14.5. The minimum absolute atomic E-state index is 0.150. The molecule has 4 rings (SSSR count). The van der Waals surface area contributed by atoms with Crippen molar-refractivity contribution in [2.45, 2.75) is 6.61 Å². The molecule has 23 heavy (non-hydrogen) atoms. The molecule has 0 aliphatic carbocycles. The lowest BCUT2D eigenvalue weighted by Gasteiger charge is -2.08. The van der Waals surface area contributed by atoms with Gasteiger partial charge in [0.1, 0.15) is 6.61 Å². The standard InChI is InChI=1S/C16H10BrNO4S/c17-11-5-14-13(21-8-22-14)3-10(11)6-20-16(19)9-1-2-12-15(4-9)23-7-18-12/h1-5,7H,6,8H2. The number of halogens is 1. The van der Waals surface area contributed by atoms with E-state index >= 15 is 0 Å². The van der Waals surface area contributed by atoms with E-state index in [1.807, 2.05) is 18.2 Å². The van der Waals surface area contributed by atoms with Crippen LogP contribution >= 0.6 is 27.3 Å². The summed E-state index contributed by atoms with van der Waals surface area (Å²) in [6.07, 6.45) is 0. The highest BCUT2D eigenvalue weighted by atomic mass is 79.9. The van der Waals surface area contributed by atoms with Gasteiger partial charge in [0.05, 0.1) is 21.3 Å². The van der Waals surface area contributed by atoms with Crippen LogP contribution in [-0.2, 0) is 11.3 Å². The van der Waals surface area contributed by atoms with Crippen LogP contribution in [0.5, 0.6) is 11.5 Å². The SMILES string of the molecule is O=C(OCc1cc2c(cc1Br)OCO2)c1ccc2ncsc2c1. The molecule has 2 heterocycles. The fourth-order valence-electron chi connectivity index (χ4n) is 2.28. The fourth-order valence-corrected chi connectivity index (χ4v) is 3.43. The average Bonchev–Trinajstić information content (AvgIpc) is 3.19. The normalized spacial score (nSPS) is 12.6. The van der Waals surface area contributed by atoms with Gasteiger partial charge in [-0.3, -0.25) is 0 Å². The summed E-state index contributed by atoms with van der Waals surface area (Å²) in [4.78, 5) is 16.4. The van der Waals surface area contributed by atoms with Gasteiger partial charge in [-0.05, 0) is 30.3 Å². The molecule has 0 N–H and O–H groups in total. The van der Waals surface area contributed by atoms with E-state index in [9.17, 15) is 4.79 Å². The Morgan fingerprint density at radius 1 is 1.26 bits per heavy atom. The summed E-state index contributed by atoms with van der Waals surface area (Å²) in [6.45, 7) is 0.358. The smallest absolute Gasteiger partial charge is 0.338 e. The zero-order valence-electron chi connectivity index (χ0n) is 11.7. The zero-order valence-corrected chi connectivity index (χ0v) is 14.1. The van der Waals surface area contributed by atoms with Crippen molar-refractivity contribution in [3.8, 4) is 11.5 Å². The van der Waals surface area contributed by atoms with Crippen molar-refractivity contribution in [3.63, 3.8) is 0 Å². The summed E-state index contributed by atoms with van der Waals surface area (Å²) >= 11 is 4.94. The molecule has 0 fully saturated rings. The molecule has 0 atom stereocenters. The van der Waals surface area contributed by atoms with E-state index in [4.69, 9.17) is 14.2 Å². The molecule has 0 radical (unpaired) electrons. The van der Waals surface area contributed by atoms with E-state index < -0.39 is 0 Å². The molecule has 116 valence electrons. The van der Waals surface area contributed by atoms with Crippen LogP contribution in [0.2, 0.25) is 0 Å². The maximum absolute atomic E-state index is 12.2. The van der Waals surface area contributed by atoms with E-state index in [1.54, 1.807) is 17.6 Å². The van der Waals surface area contributed by atoms with Gasteiger partial charge in [0.2, 0.25) is 6.79 Å². The van der Waals surface area contributed by atoms with Crippen molar-refractivity contribution in [2.24, 2.45) is 0 Å². The monoisotopic (exact) mass is 391 g/mol. The molecule has 2 aromatic carbocycles. The van der Waals surface area contributed by atoms with Crippen LogP contribution in [0.3, 0.4) is 0 Å². The molecule has 0 amide bonds. The van der Waals surface area contributed by atoms with Gasteiger partial charge in [0, 0.05) is 10.0 Å². The first-order valence-electron chi connectivity index (χ1n) is 6.79. The highest BCUT2D eigenvalue weighted by Gasteiger charge is 2.17. The summed E-state index contributed by atoms with van der Waals surface area (Å²) in [5, 5.41) is 0. The Morgan fingerprint density at radius 2 is 2.09 bits per heavy atom. The average molecular weight is 392 g/mol. The number of hydrogen-bond donors (Lipinski definition) is 0. The number of thiazole rings is 1. The number of fused-ring (bicyclic) bond motifs is 2. The third kappa shape index (κ3) is 2.77. The predicted molar refractivity (Wildman–Crippen MR) is 89.0 cm³/mol. The first-order valence-corrected chi connectivity index (χ1v) is 8.46. The molecule has 1 aromatic heterocycles. The van der Waals surface area contributed by atoms with Crippen LogP contribution in [0.4, 0.5) is 0 Å². The summed E-state index contributed by atoms with van der Waals surface area (Å²) in [7, 11) is 0. The van der Waals surface area contributed by atoms with Gasteiger partial charge in [0.25, 0.3) is 0 Å². The van der Waals surface area contributed by atoms with Crippen molar-refractivity contribution in [3.05, 3.63) is 51.4 Å². The lowest BCUT2D eigenvalue weighted by atomic mass is 10.2. The van der Waals surface area contributed by atoms with E-state index in [0.717, 1.165) is 20.3 Å². The van der Waals surface area contributed by atoms with Crippen molar-refractivity contribution in [1.82, 2.24) is 4.98 Å². The Hall–Kier alpha value is -2.12. The largest absolute Gasteiger partial charge is 0.457 e. The highest BCUT2D eigenvalue weighted by Crippen LogP contribution is 2.37. The number of nitrogens with zero attached hydrogens (tertiary/aromatic N) is 1. The molecule has 0 saturated heterocycles. The molecule has 5 nitrogen and oxygen atoms in total. The fraction of sp³-hybridized carbons (Fsp3) is 0.125. The quantitative estimate of drug-likeness (QED) is 0.627. The molecule has 0 unspecified atom stereocenters. The van der Waals surface area contributed by atoms with Crippen molar-refractivity contribution < 1.29 is 19.0 Å². The molecule has 1 aliphatic heterocycles. The van der Waals surface area contributed by atoms with Crippen LogP contribution < -0.4 is 9.47 Å². The van der Waals surface area contributed by atoms with E-state index in [2.05, 4.69) is 20.9 Å². The Labute approximate surface area is 143 Å². The summed E-state index contributed by atoms with van der Waals surface area (Å²) in [6, 6.07) is 8.96. The minimum Gasteiger partial charge on any atom is -0.457 e. The lowest BCUT2D eigenvalue weighted by Crippen LogP contribution is -2.05. The highest BCUT2D eigenvalue weighted by molar-refractivity contribution is 9.10. The number of aromatic nitrogens is 1. The van der Waals surface area contributed by atoms with E-state index in [0.29, 0.717) is 17.1 Å².